The van der Waals surface area contributed by atoms with Gasteiger partial charge in [-0.25, -0.2) is 0 Å². The summed E-state index contributed by atoms with van der Waals surface area (Å²) < 4.78 is 0. The Balaban J connectivity index is -0.00000000654. The van der Waals surface area contributed by atoms with Gasteiger partial charge in [-0.3, -0.25) is 4.90 Å². The molecule has 4 heteroatoms. The highest BCUT2D eigenvalue weighted by Gasteiger charge is 1.81. The molecule has 4 nitrogen and oxygen atoms in total. The molecule has 0 unspecified atom stereocenters. The Morgan fingerprint density at radius 2 is 0.812 bits per heavy atom. The monoisotopic (exact) mass is 246 g/mol. The fourth-order valence-corrected chi connectivity index (χ4v) is 0.0745. The van der Waals surface area contributed by atoms with Gasteiger partial charge in [0, 0.05) is 13.3 Å². The fraction of sp³-hybridized carbons (Fsp3) is 1.00. The zero-order chi connectivity index (χ0) is 7.70. The molecule has 16 heavy (non-hydrogen) atoms. The molecule has 0 radical (unpaired) electrons. The molecule has 0 rings (SSSR count). The molecule has 0 aliphatic carbocycles. The second-order valence-corrected chi connectivity index (χ2v) is 1.63. The first-order chi connectivity index (χ1) is 4.22. The van der Waals surface area contributed by atoms with Crippen LogP contribution in [0.4, 0.5) is 0 Å². The third-order valence-electron chi connectivity index (χ3n) is 0.623. The van der Waals surface area contributed by atoms with Crippen LogP contribution in [0.2, 0.25) is 0 Å². The van der Waals surface area contributed by atoms with Gasteiger partial charge < -0.3 is 17.2 Å². The molecule has 6 N–H and O–H groups in total. The Bertz CT molecular complexity index is 40.0. The summed E-state index contributed by atoms with van der Waals surface area (Å²) in [6.45, 7) is 3.73. The molecular weight excluding hydrogens is 200 g/mol. The smallest absolute Gasteiger partial charge is 0.0464 e. The van der Waals surface area contributed by atoms with Crippen molar-refractivity contribution in [1.82, 2.24) is 4.90 Å². The summed E-state index contributed by atoms with van der Waals surface area (Å²) in [5, 5.41) is 0. The van der Waals surface area contributed by atoms with Gasteiger partial charge >= 0.3 is 0 Å². The van der Waals surface area contributed by atoms with Crippen LogP contribution in [0.15, 0.2) is 0 Å². The largest absolute Gasteiger partial charge is 0.331 e. The van der Waals surface area contributed by atoms with Crippen LogP contribution in [-0.4, -0.2) is 31.8 Å². The van der Waals surface area contributed by atoms with Crippen molar-refractivity contribution in [2.45, 2.75) is 58.9 Å². The number of hydrogen-bond acceptors (Lipinski definition) is 4. The fourth-order valence-electron chi connectivity index (χ4n) is 0.0745. The summed E-state index contributed by atoms with van der Waals surface area (Å²) >= 11 is 0. The zero-order valence-electron chi connectivity index (χ0n) is 6.30. The van der Waals surface area contributed by atoms with E-state index in [1.165, 1.54) is 0 Å². The first-order valence-electron chi connectivity index (χ1n) is 3.01. The highest BCUT2D eigenvalue weighted by Crippen LogP contribution is 1.62. The Morgan fingerprint density at radius 3 is 0.812 bits per heavy atom. The standard InChI is InChI=1S/C3H11N3.C2H7N.7CH4/c1-6(2-4)3-5;1-2-3;;;;;;;/h2-5H2,1H3;2-3H2,1H3;7*1H4. The van der Waals surface area contributed by atoms with E-state index < -0.39 is 0 Å². The van der Waals surface area contributed by atoms with Crippen LogP contribution in [-0.2, 0) is 0 Å². The topological polar surface area (TPSA) is 81.3 Å². The lowest BCUT2D eigenvalue weighted by atomic mass is 10.8. The Morgan fingerprint density at radius 1 is 0.688 bits per heavy atom. The van der Waals surface area contributed by atoms with Gasteiger partial charge in [-0.1, -0.05) is 58.9 Å². The van der Waals surface area contributed by atoms with E-state index in [4.69, 9.17) is 17.2 Å². The highest BCUT2D eigenvalue weighted by molar-refractivity contribution is 4.32. The predicted molar refractivity (Wildman–Crippen MR) is 87.7 cm³/mol. The van der Waals surface area contributed by atoms with E-state index >= 15 is 0 Å². The SMILES string of the molecule is C.C.C.C.C.C.C.CCN.CN(CN)CN. The number of nitrogens with two attached hydrogens (primary N) is 3. The molecule has 0 saturated carbocycles. The van der Waals surface area contributed by atoms with Crippen molar-refractivity contribution in [2.75, 3.05) is 26.9 Å². The summed E-state index contributed by atoms with van der Waals surface area (Å²) in [7, 11) is 1.86. The van der Waals surface area contributed by atoms with Crippen LogP contribution < -0.4 is 17.2 Å². The van der Waals surface area contributed by atoms with Gasteiger partial charge in [0.1, 0.15) is 0 Å². The molecule has 0 aliphatic rings. The lowest BCUT2D eigenvalue weighted by Gasteiger charge is -2.07. The summed E-state index contributed by atoms with van der Waals surface area (Å²) in [4.78, 5) is 1.81. The zero-order valence-corrected chi connectivity index (χ0v) is 6.30. The Hall–Kier alpha value is -0.160. The maximum atomic E-state index is 5.13. The summed E-state index contributed by atoms with van der Waals surface area (Å²) in [6.07, 6.45) is 0. The second kappa shape index (κ2) is 83.3. The van der Waals surface area contributed by atoms with E-state index in [0.29, 0.717) is 13.3 Å². The molecule has 114 valence electrons. The molecule has 0 aromatic rings. The number of nitrogens with zero attached hydrogens (tertiary/aromatic N) is 1. The van der Waals surface area contributed by atoms with Crippen molar-refractivity contribution in [1.29, 1.82) is 0 Å². The third-order valence-corrected chi connectivity index (χ3v) is 0.623. The van der Waals surface area contributed by atoms with Crippen molar-refractivity contribution in [3.63, 3.8) is 0 Å². The summed E-state index contributed by atoms with van der Waals surface area (Å²) in [5.74, 6) is 0. The predicted octanol–water partition coefficient (Wildman–Crippen LogP) is 3.17. The highest BCUT2D eigenvalue weighted by atomic mass is 15.2. The van der Waals surface area contributed by atoms with Crippen LogP contribution in [0.5, 0.6) is 0 Å². The lowest BCUT2D eigenvalue weighted by Crippen LogP contribution is -2.30. The lowest BCUT2D eigenvalue weighted by molar-refractivity contribution is 0.356. The van der Waals surface area contributed by atoms with Crippen LogP contribution in [0, 0.1) is 0 Å². The van der Waals surface area contributed by atoms with Gasteiger partial charge in [-0.05, 0) is 13.6 Å². The van der Waals surface area contributed by atoms with Gasteiger partial charge in [0.15, 0.2) is 0 Å². The molecule has 0 saturated heterocycles. The van der Waals surface area contributed by atoms with Crippen LogP contribution in [0.3, 0.4) is 0 Å². The second-order valence-electron chi connectivity index (χ2n) is 1.63. The molecule has 0 heterocycles. The van der Waals surface area contributed by atoms with Crippen molar-refractivity contribution in [3.05, 3.63) is 0 Å². The average Bonchev–Trinajstić information content (AvgIpc) is 1.88. The van der Waals surface area contributed by atoms with Gasteiger partial charge in [-0.15, -0.1) is 0 Å². The van der Waals surface area contributed by atoms with Gasteiger partial charge in [0.25, 0.3) is 0 Å². The van der Waals surface area contributed by atoms with E-state index in [9.17, 15) is 0 Å². The molecule has 0 aromatic carbocycles. The minimum absolute atomic E-state index is 0. The van der Waals surface area contributed by atoms with Crippen LogP contribution >= 0.6 is 0 Å². The van der Waals surface area contributed by atoms with Crippen LogP contribution in [0.1, 0.15) is 58.9 Å². The molecule has 0 bridgehead atoms. The normalized spacial score (nSPS) is 4.88. The minimum Gasteiger partial charge on any atom is -0.331 e. The number of hydrogen-bond donors (Lipinski definition) is 3. The van der Waals surface area contributed by atoms with Gasteiger partial charge in [0.2, 0.25) is 0 Å². The van der Waals surface area contributed by atoms with E-state index in [2.05, 4.69) is 0 Å². The molecule has 0 aliphatic heterocycles. The molecule has 0 spiro atoms. The first-order valence-corrected chi connectivity index (χ1v) is 3.01. The third kappa shape index (κ3) is 155. The molecular formula is C12H46N4. The van der Waals surface area contributed by atoms with Gasteiger partial charge in [-0.2, -0.15) is 0 Å². The van der Waals surface area contributed by atoms with Crippen molar-refractivity contribution in [2.24, 2.45) is 17.2 Å². The minimum atomic E-state index is 0. The van der Waals surface area contributed by atoms with E-state index in [-0.39, 0.29) is 52.0 Å². The summed E-state index contributed by atoms with van der Waals surface area (Å²) in [5.41, 5.74) is 15.1. The molecule has 0 aromatic heterocycles. The van der Waals surface area contributed by atoms with Crippen molar-refractivity contribution in [3.8, 4) is 0 Å². The first kappa shape index (κ1) is 74.6. The van der Waals surface area contributed by atoms with E-state index in [1.807, 2.05) is 14.0 Å². The van der Waals surface area contributed by atoms with Crippen LogP contribution in [0.25, 0.3) is 0 Å². The van der Waals surface area contributed by atoms with E-state index in [1.54, 1.807) is 4.90 Å². The van der Waals surface area contributed by atoms with Crippen molar-refractivity contribution < 1.29 is 0 Å². The molecule has 0 fully saturated rings. The van der Waals surface area contributed by atoms with E-state index in [0.717, 1.165) is 6.54 Å². The molecule has 0 atom stereocenters. The van der Waals surface area contributed by atoms with Crippen molar-refractivity contribution >= 4 is 0 Å². The summed E-state index contributed by atoms with van der Waals surface area (Å²) in [6, 6.07) is 0. The quantitative estimate of drug-likeness (QED) is 0.654. The maximum Gasteiger partial charge on any atom is 0.0464 e. The maximum absolute atomic E-state index is 5.13. The Labute approximate surface area is 109 Å². The average molecular weight is 247 g/mol. The Kier molecular flexibility index (Phi) is 388. The molecule has 0 amide bonds. The van der Waals surface area contributed by atoms with Gasteiger partial charge in [0.05, 0.1) is 0 Å². The number of rotatable bonds is 2.